The summed E-state index contributed by atoms with van der Waals surface area (Å²) in [6, 6.07) is 30.5. The first-order valence-electron chi connectivity index (χ1n) is 19.9. The zero-order valence-corrected chi connectivity index (χ0v) is 33.9. The molecule has 5 nitrogen and oxygen atoms in total. The summed E-state index contributed by atoms with van der Waals surface area (Å²) in [6.07, 6.45) is 5.96. The van der Waals surface area contributed by atoms with Crippen molar-refractivity contribution in [1.29, 1.82) is 0 Å². The lowest BCUT2D eigenvalue weighted by Gasteiger charge is -2.18. The van der Waals surface area contributed by atoms with Crippen molar-refractivity contribution < 1.29 is 4.74 Å². The molecule has 0 aliphatic heterocycles. The molecule has 0 spiro atoms. The molecule has 0 bridgehead atoms. The minimum Gasteiger partial charge on any atom is -0.457 e. The van der Waals surface area contributed by atoms with E-state index in [1.165, 1.54) is 61.1 Å². The fraction of sp³-hybridized carbons (Fsp3) is 0.347. The van der Waals surface area contributed by atoms with Gasteiger partial charge in [0.05, 0.1) is 28.1 Å². The van der Waals surface area contributed by atoms with E-state index in [0.717, 1.165) is 59.7 Å². The molecule has 0 aliphatic rings. The summed E-state index contributed by atoms with van der Waals surface area (Å²) < 4.78 is 11.4. The van der Waals surface area contributed by atoms with Crippen molar-refractivity contribution in [1.82, 2.24) is 19.3 Å². The lowest BCUT2D eigenvalue weighted by Crippen LogP contribution is -2.07. The molecular weight excluding hydrogens is 661 g/mol. The molecule has 0 radical (unpaired) electrons. The highest BCUT2D eigenvalue weighted by atomic mass is 16.5. The Morgan fingerprint density at radius 3 is 2.04 bits per heavy atom. The summed E-state index contributed by atoms with van der Waals surface area (Å²) >= 11 is 0. The van der Waals surface area contributed by atoms with Crippen LogP contribution in [-0.2, 0) is 12.8 Å². The van der Waals surface area contributed by atoms with Gasteiger partial charge in [-0.1, -0.05) is 77.4 Å². The number of benzene rings is 4. The minimum atomic E-state index is 0.306. The number of rotatable bonds is 12. The van der Waals surface area contributed by atoms with Gasteiger partial charge in [-0.2, -0.15) is 5.10 Å². The average Bonchev–Trinajstić information content (AvgIpc) is 3.64. The van der Waals surface area contributed by atoms with Gasteiger partial charge in [-0.15, -0.1) is 0 Å². The topological polar surface area (TPSA) is 44.9 Å². The standard InChI is InChI=1S/C49H56N4O/c1-30(2)15-19-43-49(48-35(9)23-34(8)24-36(48)10)45(20-16-31(3)4)53(51-43)38-26-37(32(5)6)27-40(28-38)54-39-17-18-42-41-13-11-12-14-44(41)52(46(42)29-39)47-25-33(7)21-22-50-47/h11-14,17-18,21-32H,15-16,19-20H2,1-10H3. The van der Waals surface area contributed by atoms with E-state index in [1.807, 2.05) is 12.3 Å². The van der Waals surface area contributed by atoms with Crippen LogP contribution < -0.4 is 4.74 Å². The SMILES string of the molecule is Cc1ccnc(-n2c3ccccc3c3ccc(Oc4cc(C(C)C)cc(-n5nc(CCC(C)C)c(-c6c(C)cc(C)cc6C)c5CCC(C)C)c4)cc32)c1. The molecular formula is C49H56N4O. The second kappa shape index (κ2) is 15.3. The van der Waals surface area contributed by atoms with Crippen molar-refractivity contribution in [2.45, 2.75) is 101 Å². The smallest absolute Gasteiger partial charge is 0.137 e. The molecule has 0 amide bonds. The molecule has 7 aromatic rings. The second-order valence-electron chi connectivity index (χ2n) is 16.6. The van der Waals surface area contributed by atoms with Crippen LogP contribution in [0.2, 0.25) is 0 Å². The van der Waals surface area contributed by atoms with Gasteiger partial charge in [-0.25, -0.2) is 9.67 Å². The molecule has 54 heavy (non-hydrogen) atoms. The van der Waals surface area contributed by atoms with Gasteiger partial charge in [0, 0.05) is 34.7 Å². The maximum atomic E-state index is 6.87. The maximum absolute atomic E-state index is 6.87. The molecule has 3 heterocycles. The minimum absolute atomic E-state index is 0.306. The number of nitrogens with zero attached hydrogens (tertiary/aromatic N) is 4. The summed E-state index contributed by atoms with van der Waals surface area (Å²) in [5.41, 5.74) is 14.7. The largest absolute Gasteiger partial charge is 0.457 e. The van der Waals surface area contributed by atoms with E-state index in [2.05, 4.69) is 157 Å². The fourth-order valence-corrected chi connectivity index (χ4v) is 8.00. The van der Waals surface area contributed by atoms with Gasteiger partial charge in [-0.05, 0) is 141 Å². The van der Waals surface area contributed by atoms with E-state index in [0.29, 0.717) is 17.8 Å². The van der Waals surface area contributed by atoms with E-state index in [1.54, 1.807) is 0 Å². The first-order valence-corrected chi connectivity index (χ1v) is 19.9. The van der Waals surface area contributed by atoms with Crippen LogP contribution in [0.3, 0.4) is 0 Å². The number of hydrogen-bond acceptors (Lipinski definition) is 3. The van der Waals surface area contributed by atoms with Crippen molar-refractivity contribution in [2.75, 3.05) is 0 Å². The van der Waals surface area contributed by atoms with Gasteiger partial charge in [0.25, 0.3) is 0 Å². The number of ether oxygens (including phenoxy) is 1. The maximum Gasteiger partial charge on any atom is 0.137 e. The molecule has 4 aromatic carbocycles. The third kappa shape index (κ3) is 7.46. The highest BCUT2D eigenvalue weighted by Gasteiger charge is 2.24. The number of para-hydroxylation sites is 1. The highest BCUT2D eigenvalue weighted by Crippen LogP contribution is 2.40. The summed E-state index contributed by atoms with van der Waals surface area (Å²) in [6.45, 7) is 22.6. The van der Waals surface area contributed by atoms with Crippen LogP contribution in [-0.4, -0.2) is 19.3 Å². The number of pyridine rings is 1. The van der Waals surface area contributed by atoms with Crippen molar-refractivity contribution in [3.05, 3.63) is 130 Å². The number of fused-ring (bicyclic) bond motifs is 3. The molecule has 0 unspecified atom stereocenters. The lowest BCUT2D eigenvalue weighted by atomic mass is 9.89. The Balaban J connectivity index is 1.39. The summed E-state index contributed by atoms with van der Waals surface area (Å²) in [5.74, 6) is 3.96. The number of aromatic nitrogens is 4. The first-order chi connectivity index (χ1) is 25.9. The molecule has 0 aliphatic carbocycles. The average molecular weight is 717 g/mol. The van der Waals surface area contributed by atoms with Gasteiger partial charge >= 0.3 is 0 Å². The van der Waals surface area contributed by atoms with Crippen LogP contribution in [0.25, 0.3) is 44.4 Å². The lowest BCUT2D eigenvalue weighted by molar-refractivity contribution is 0.481. The van der Waals surface area contributed by atoms with Crippen LogP contribution >= 0.6 is 0 Å². The Morgan fingerprint density at radius 2 is 1.33 bits per heavy atom. The van der Waals surface area contributed by atoms with E-state index in [-0.39, 0.29) is 0 Å². The molecule has 3 aromatic heterocycles. The summed E-state index contributed by atoms with van der Waals surface area (Å²) in [4.78, 5) is 4.79. The Kier molecular flexibility index (Phi) is 10.5. The third-order valence-corrected chi connectivity index (χ3v) is 10.7. The fourth-order valence-electron chi connectivity index (χ4n) is 8.00. The monoisotopic (exact) mass is 716 g/mol. The predicted octanol–water partition coefficient (Wildman–Crippen LogP) is 13.4. The zero-order chi connectivity index (χ0) is 38.3. The van der Waals surface area contributed by atoms with Gasteiger partial charge in [0.15, 0.2) is 0 Å². The van der Waals surface area contributed by atoms with Crippen molar-refractivity contribution in [3.8, 4) is 34.1 Å². The Hall–Kier alpha value is -5.16. The van der Waals surface area contributed by atoms with E-state index < -0.39 is 0 Å². The molecule has 5 heteroatoms. The molecule has 0 N–H and O–H groups in total. The van der Waals surface area contributed by atoms with Crippen molar-refractivity contribution >= 4 is 21.8 Å². The van der Waals surface area contributed by atoms with E-state index >= 15 is 0 Å². The van der Waals surface area contributed by atoms with Crippen LogP contribution in [0.5, 0.6) is 11.5 Å². The van der Waals surface area contributed by atoms with Crippen molar-refractivity contribution in [2.24, 2.45) is 11.8 Å². The molecule has 0 atom stereocenters. The highest BCUT2D eigenvalue weighted by molar-refractivity contribution is 6.09. The molecule has 278 valence electrons. The van der Waals surface area contributed by atoms with Crippen LogP contribution in [0.15, 0.2) is 91.1 Å². The quantitative estimate of drug-likeness (QED) is 0.126. The zero-order valence-electron chi connectivity index (χ0n) is 33.9. The van der Waals surface area contributed by atoms with Gasteiger partial charge in [0.2, 0.25) is 0 Å². The first kappa shape index (κ1) is 37.2. The Labute approximate surface area is 322 Å². The van der Waals surface area contributed by atoms with E-state index in [9.17, 15) is 0 Å². The van der Waals surface area contributed by atoms with Crippen molar-refractivity contribution in [3.63, 3.8) is 0 Å². The molecule has 0 fully saturated rings. The molecule has 7 rings (SSSR count). The Bertz CT molecular complexity index is 2440. The normalized spacial score (nSPS) is 11.9. The van der Waals surface area contributed by atoms with Gasteiger partial charge in [-0.3, -0.25) is 4.57 Å². The Morgan fingerprint density at radius 1 is 0.630 bits per heavy atom. The molecule has 0 saturated heterocycles. The van der Waals surface area contributed by atoms with Crippen LogP contribution in [0, 0.1) is 39.5 Å². The number of hydrogen-bond donors (Lipinski definition) is 0. The van der Waals surface area contributed by atoms with Gasteiger partial charge < -0.3 is 4.74 Å². The predicted molar refractivity (Wildman–Crippen MR) is 227 cm³/mol. The van der Waals surface area contributed by atoms with E-state index in [4.69, 9.17) is 14.8 Å². The number of aryl methyl sites for hydroxylation is 5. The van der Waals surface area contributed by atoms with Crippen LogP contribution in [0.1, 0.15) is 99.5 Å². The summed E-state index contributed by atoms with van der Waals surface area (Å²) in [7, 11) is 0. The third-order valence-electron chi connectivity index (χ3n) is 10.7. The van der Waals surface area contributed by atoms with Crippen LogP contribution in [0.4, 0.5) is 0 Å². The second-order valence-corrected chi connectivity index (χ2v) is 16.6. The van der Waals surface area contributed by atoms with Gasteiger partial charge in [0.1, 0.15) is 17.3 Å². The summed E-state index contributed by atoms with van der Waals surface area (Å²) in [5, 5.41) is 7.90. The molecule has 0 saturated carbocycles.